The molecular formula is C12H22N2O. The predicted octanol–water partition coefficient (Wildman–Crippen LogP) is 0.979. The molecule has 0 radical (unpaired) electrons. The lowest BCUT2D eigenvalue weighted by Gasteiger charge is -2.31. The average molecular weight is 210 g/mol. The van der Waals surface area contributed by atoms with E-state index in [2.05, 4.69) is 4.90 Å². The third kappa shape index (κ3) is 2.52. The molecule has 3 heteroatoms. The van der Waals surface area contributed by atoms with E-state index in [1.165, 1.54) is 32.2 Å². The third-order valence-corrected chi connectivity index (χ3v) is 3.90. The molecule has 0 spiro atoms. The molecule has 1 unspecified atom stereocenters. The third-order valence-electron chi connectivity index (χ3n) is 3.90. The number of rotatable bonds is 5. The minimum absolute atomic E-state index is 0.0442. The van der Waals surface area contributed by atoms with Crippen molar-refractivity contribution in [2.75, 3.05) is 26.3 Å². The molecule has 0 bridgehead atoms. The van der Waals surface area contributed by atoms with Gasteiger partial charge >= 0.3 is 0 Å². The first-order valence-corrected chi connectivity index (χ1v) is 6.36. The fourth-order valence-electron chi connectivity index (χ4n) is 2.57. The van der Waals surface area contributed by atoms with Gasteiger partial charge in [0.2, 0.25) is 0 Å². The predicted molar refractivity (Wildman–Crippen MR) is 59.7 cm³/mol. The smallest absolute Gasteiger partial charge is 0.0659 e. The first kappa shape index (κ1) is 10.1. The lowest BCUT2D eigenvalue weighted by molar-refractivity contribution is 0.147. The Morgan fingerprint density at radius 1 is 1.27 bits per heavy atom. The van der Waals surface area contributed by atoms with Crippen LogP contribution < -0.4 is 5.73 Å². The Hall–Kier alpha value is -0.120. The maximum atomic E-state index is 6.36. The summed E-state index contributed by atoms with van der Waals surface area (Å²) < 4.78 is 5.43. The molecule has 86 valence electrons. The highest BCUT2D eigenvalue weighted by Crippen LogP contribution is 2.36. The van der Waals surface area contributed by atoms with Crippen molar-refractivity contribution in [1.29, 1.82) is 0 Å². The zero-order valence-electron chi connectivity index (χ0n) is 9.45. The molecule has 0 amide bonds. The Bertz CT molecular complexity index is 230. The maximum absolute atomic E-state index is 6.36. The lowest BCUT2D eigenvalue weighted by Crippen LogP contribution is -2.51. The number of nitrogens with zero attached hydrogens (tertiary/aromatic N) is 1. The molecule has 2 N–H and O–H groups in total. The maximum Gasteiger partial charge on any atom is 0.0659 e. The Morgan fingerprint density at radius 2 is 2.07 bits per heavy atom. The first-order chi connectivity index (χ1) is 7.25. The summed E-state index contributed by atoms with van der Waals surface area (Å²) in [4.78, 5) is 2.65. The average Bonchev–Trinajstić information content (AvgIpc) is 3.07. The highest BCUT2D eigenvalue weighted by Gasteiger charge is 2.39. The van der Waals surface area contributed by atoms with Gasteiger partial charge in [-0.25, -0.2) is 0 Å². The second kappa shape index (κ2) is 3.72. The minimum atomic E-state index is -0.0442. The van der Waals surface area contributed by atoms with Gasteiger partial charge in [0.05, 0.1) is 12.1 Å². The van der Waals surface area contributed by atoms with E-state index in [1.54, 1.807) is 0 Å². The Morgan fingerprint density at radius 3 is 2.60 bits per heavy atom. The molecule has 2 aliphatic carbocycles. The number of ether oxygens (including phenoxy) is 1. The van der Waals surface area contributed by atoms with Crippen LogP contribution in [-0.4, -0.2) is 42.8 Å². The van der Waals surface area contributed by atoms with Crippen LogP contribution in [0.5, 0.6) is 0 Å². The van der Waals surface area contributed by atoms with Crippen LogP contribution in [0.2, 0.25) is 0 Å². The van der Waals surface area contributed by atoms with Gasteiger partial charge in [0.1, 0.15) is 0 Å². The van der Waals surface area contributed by atoms with Gasteiger partial charge in [-0.2, -0.15) is 0 Å². The second-order valence-electron chi connectivity index (χ2n) is 5.77. The van der Waals surface area contributed by atoms with Crippen molar-refractivity contribution in [3.63, 3.8) is 0 Å². The molecule has 15 heavy (non-hydrogen) atoms. The fourth-order valence-corrected chi connectivity index (χ4v) is 2.57. The van der Waals surface area contributed by atoms with Crippen LogP contribution >= 0.6 is 0 Å². The van der Waals surface area contributed by atoms with Crippen molar-refractivity contribution >= 4 is 0 Å². The summed E-state index contributed by atoms with van der Waals surface area (Å²) in [7, 11) is 0. The van der Waals surface area contributed by atoms with Crippen molar-refractivity contribution < 1.29 is 4.74 Å². The molecule has 1 saturated heterocycles. The summed E-state index contributed by atoms with van der Waals surface area (Å²) in [6, 6.07) is 0.853. The van der Waals surface area contributed by atoms with Gasteiger partial charge < -0.3 is 10.5 Å². The van der Waals surface area contributed by atoms with Gasteiger partial charge in [-0.3, -0.25) is 4.90 Å². The zero-order valence-corrected chi connectivity index (χ0v) is 9.45. The molecular weight excluding hydrogens is 188 g/mol. The van der Waals surface area contributed by atoms with Crippen molar-refractivity contribution in [1.82, 2.24) is 4.90 Å². The van der Waals surface area contributed by atoms with Crippen LogP contribution in [0.3, 0.4) is 0 Å². The van der Waals surface area contributed by atoms with E-state index in [9.17, 15) is 0 Å². The molecule has 3 aliphatic rings. The Balaban J connectivity index is 1.56. The summed E-state index contributed by atoms with van der Waals surface area (Å²) in [6.07, 6.45) is 6.71. The molecule has 3 fully saturated rings. The normalized spacial score (nSPS) is 36.4. The molecule has 0 aromatic carbocycles. The van der Waals surface area contributed by atoms with Gasteiger partial charge in [-0.05, 0) is 38.0 Å². The Labute approximate surface area is 91.9 Å². The Kier molecular flexibility index (Phi) is 2.49. The zero-order chi connectivity index (χ0) is 10.3. The summed E-state index contributed by atoms with van der Waals surface area (Å²) >= 11 is 0. The van der Waals surface area contributed by atoms with E-state index in [4.69, 9.17) is 10.5 Å². The molecule has 2 saturated carbocycles. The molecule has 1 atom stereocenters. The SMILES string of the molecule is NC1(CN(CC2CC2)C2CC2)CCOC1. The minimum Gasteiger partial charge on any atom is -0.379 e. The van der Waals surface area contributed by atoms with E-state index >= 15 is 0 Å². The van der Waals surface area contributed by atoms with Gasteiger partial charge in [0, 0.05) is 25.7 Å². The van der Waals surface area contributed by atoms with Crippen LogP contribution in [0.1, 0.15) is 32.1 Å². The summed E-state index contributed by atoms with van der Waals surface area (Å²) in [5, 5.41) is 0. The van der Waals surface area contributed by atoms with Gasteiger partial charge in [0.25, 0.3) is 0 Å². The van der Waals surface area contributed by atoms with Crippen LogP contribution in [0.25, 0.3) is 0 Å². The van der Waals surface area contributed by atoms with Crippen molar-refractivity contribution in [2.45, 2.75) is 43.7 Å². The molecule has 3 rings (SSSR count). The van der Waals surface area contributed by atoms with E-state index < -0.39 is 0 Å². The van der Waals surface area contributed by atoms with E-state index in [1.807, 2.05) is 0 Å². The second-order valence-corrected chi connectivity index (χ2v) is 5.77. The quantitative estimate of drug-likeness (QED) is 0.735. The van der Waals surface area contributed by atoms with Crippen molar-refractivity contribution in [3.8, 4) is 0 Å². The molecule has 1 heterocycles. The molecule has 3 nitrogen and oxygen atoms in total. The van der Waals surface area contributed by atoms with Crippen molar-refractivity contribution in [3.05, 3.63) is 0 Å². The summed E-state index contributed by atoms with van der Waals surface area (Å²) in [6.45, 7) is 3.98. The largest absolute Gasteiger partial charge is 0.379 e. The van der Waals surface area contributed by atoms with Gasteiger partial charge in [-0.1, -0.05) is 0 Å². The lowest BCUT2D eigenvalue weighted by atomic mass is 9.99. The van der Waals surface area contributed by atoms with Crippen LogP contribution in [0.15, 0.2) is 0 Å². The standard InChI is InChI=1S/C12H22N2O/c13-12(5-6-15-9-12)8-14(11-3-4-11)7-10-1-2-10/h10-11H,1-9,13H2. The first-order valence-electron chi connectivity index (χ1n) is 6.36. The summed E-state index contributed by atoms with van der Waals surface area (Å²) in [5.41, 5.74) is 6.31. The van der Waals surface area contributed by atoms with Crippen LogP contribution in [0, 0.1) is 5.92 Å². The van der Waals surface area contributed by atoms with Crippen LogP contribution in [0.4, 0.5) is 0 Å². The van der Waals surface area contributed by atoms with E-state index in [0.717, 1.165) is 38.1 Å². The van der Waals surface area contributed by atoms with Crippen molar-refractivity contribution in [2.24, 2.45) is 11.7 Å². The summed E-state index contributed by atoms with van der Waals surface area (Å²) in [5.74, 6) is 0.983. The molecule has 0 aromatic rings. The van der Waals surface area contributed by atoms with E-state index in [-0.39, 0.29) is 5.54 Å². The monoisotopic (exact) mass is 210 g/mol. The topological polar surface area (TPSA) is 38.5 Å². The highest BCUT2D eigenvalue weighted by molar-refractivity contribution is 4.97. The number of hydrogen-bond donors (Lipinski definition) is 1. The highest BCUT2D eigenvalue weighted by atomic mass is 16.5. The molecule has 1 aliphatic heterocycles. The fraction of sp³-hybridized carbons (Fsp3) is 1.00. The number of nitrogens with two attached hydrogens (primary N) is 1. The van der Waals surface area contributed by atoms with E-state index in [0.29, 0.717) is 0 Å². The number of hydrogen-bond acceptors (Lipinski definition) is 3. The van der Waals surface area contributed by atoms with Crippen LogP contribution in [-0.2, 0) is 4.74 Å². The molecule has 0 aromatic heterocycles. The van der Waals surface area contributed by atoms with Gasteiger partial charge in [0.15, 0.2) is 0 Å². The van der Waals surface area contributed by atoms with Gasteiger partial charge in [-0.15, -0.1) is 0 Å².